The molecule has 0 aliphatic heterocycles. The summed E-state index contributed by atoms with van der Waals surface area (Å²) in [5.74, 6) is 1.18. The molecule has 408 valence electrons. The minimum absolute atomic E-state index is 0. The Hall–Kier alpha value is -5.81. The van der Waals surface area contributed by atoms with Crippen molar-refractivity contribution in [3.63, 3.8) is 0 Å². The van der Waals surface area contributed by atoms with Crippen LogP contribution in [0.15, 0.2) is 231 Å². The van der Waals surface area contributed by atoms with Crippen molar-refractivity contribution in [3.8, 4) is 0 Å². The Kier molecular flexibility index (Phi) is 19.9. The fourth-order valence-electron chi connectivity index (χ4n) is 13.5. The summed E-state index contributed by atoms with van der Waals surface area (Å²) in [5, 5.41) is 3.06. The van der Waals surface area contributed by atoms with Gasteiger partial charge in [-0.2, -0.15) is 0 Å². The molecule has 8 aromatic carbocycles. The smallest absolute Gasteiger partial charge is 0.0775 e. The summed E-state index contributed by atoms with van der Waals surface area (Å²) in [6.45, 7) is 27.7. The van der Waals surface area contributed by atoms with Crippen LogP contribution in [-0.2, 0) is 28.1 Å². The predicted octanol–water partition coefficient (Wildman–Crippen LogP) is 20.3. The highest BCUT2D eigenvalue weighted by Crippen LogP contribution is 2.52. The molecule has 8 rings (SSSR count). The molecule has 0 radical (unpaired) electrons. The number of rotatable bonds is 25. The molecular weight excluding hydrogens is 969 g/mol. The quantitative estimate of drug-likeness (QED) is 0.0501. The van der Waals surface area contributed by atoms with Gasteiger partial charge in [-0.3, -0.25) is 0 Å². The molecule has 0 aromatic heterocycles. The Morgan fingerprint density at radius 2 is 0.654 bits per heavy atom. The summed E-state index contributed by atoms with van der Waals surface area (Å²) in [5.41, 5.74) is 11.0. The lowest BCUT2D eigenvalue weighted by molar-refractivity contribution is 0.211. The molecule has 0 heterocycles. The highest BCUT2D eigenvalue weighted by Gasteiger charge is 2.44. The third kappa shape index (κ3) is 15.3. The van der Waals surface area contributed by atoms with E-state index in [4.69, 9.17) is 0 Å². The molecule has 0 spiro atoms. The molecule has 0 aliphatic rings. The van der Waals surface area contributed by atoms with E-state index < -0.39 is 16.1 Å². The van der Waals surface area contributed by atoms with Crippen LogP contribution < -0.4 is 10.4 Å². The maximum atomic E-state index is 2.62. The first-order chi connectivity index (χ1) is 36.8. The van der Waals surface area contributed by atoms with Crippen LogP contribution in [0.25, 0.3) is 0 Å². The van der Waals surface area contributed by atoms with Crippen molar-refractivity contribution in [3.05, 3.63) is 275 Å². The van der Waals surface area contributed by atoms with E-state index in [9.17, 15) is 0 Å². The maximum absolute atomic E-state index is 2.62. The van der Waals surface area contributed by atoms with E-state index in [1.807, 2.05) is 0 Å². The molecule has 78 heavy (non-hydrogen) atoms. The lowest BCUT2D eigenvalue weighted by Gasteiger charge is -2.46. The van der Waals surface area contributed by atoms with Gasteiger partial charge in [-0.05, 0) is 142 Å². The molecule has 7 atom stereocenters. The molecule has 0 N–H and O–H groups in total. The van der Waals surface area contributed by atoms with Gasteiger partial charge in [0.25, 0.3) is 0 Å². The molecular formula is C76H96Si2. The molecule has 8 aromatic rings. The normalized spacial score (nSPS) is 16.2. The van der Waals surface area contributed by atoms with Crippen LogP contribution in [0.5, 0.6) is 0 Å². The second-order valence-corrected chi connectivity index (χ2v) is 36.8. The standard InChI is InChI=1S/C75H92Si2.CH4/c1-59(61-32-20-13-21-33-61)54-65(63-46-50-71(51-47-63)77(9,10)11)56-75(5,69-40-28-17-29-41-69)58-73(3,67-36-24-15-25-37-67)53-52-72(2,66-34-22-14-23-35-66)57-74(4,68-38-26-16-27-39-68)55-64(43-42-60-30-18-12-19-31-60)62-44-48-70(49-45-62)76(6,7)8;/h12-41,44-51,59,64-65H,42-43,52-58H2,1-11H3;1H4. The van der Waals surface area contributed by atoms with Crippen LogP contribution >= 0.6 is 0 Å². The van der Waals surface area contributed by atoms with Crippen LogP contribution in [0.2, 0.25) is 39.3 Å². The number of hydrogen-bond donors (Lipinski definition) is 0. The van der Waals surface area contributed by atoms with Crippen LogP contribution in [0.1, 0.15) is 156 Å². The van der Waals surface area contributed by atoms with Crippen molar-refractivity contribution in [2.45, 2.75) is 179 Å². The average Bonchev–Trinajstić information content (AvgIpc) is 3.47. The fraction of sp³-hybridized carbons (Fsp3) is 0.368. The highest BCUT2D eigenvalue weighted by molar-refractivity contribution is 6.89. The highest BCUT2D eigenvalue weighted by atomic mass is 28.3. The second-order valence-electron chi connectivity index (χ2n) is 26.7. The molecule has 0 saturated carbocycles. The van der Waals surface area contributed by atoms with E-state index >= 15 is 0 Å². The Morgan fingerprint density at radius 3 is 1.01 bits per heavy atom. The molecule has 0 nitrogen and oxygen atoms in total. The van der Waals surface area contributed by atoms with Gasteiger partial charge in [0.15, 0.2) is 0 Å². The minimum Gasteiger partial charge on any atom is -0.0776 e. The van der Waals surface area contributed by atoms with Gasteiger partial charge in [-0.25, -0.2) is 0 Å². The first-order valence-corrected chi connectivity index (χ1v) is 36.3. The molecule has 0 saturated heterocycles. The number of benzene rings is 8. The minimum atomic E-state index is -1.48. The topological polar surface area (TPSA) is 0 Å². The maximum Gasteiger partial charge on any atom is 0.0775 e. The Labute approximate surface area is 477 Å². The summed E-state index contributed by atoms with van der Waals surface area (Å²) >= 11 is 0. The second kappa shape index (κ2) is 26.0. The zero-order valence-electron chi connectivity index (χ0n) is 49.0. The Morgan fingerprint density at radius 1 is 0.346 bits per heavy atom. The third-order valence-electron chi connectivity index (χ3n) is 18.2. The van der Waals surface area contributed by atoms with Crippen molar-refractivity contribution >= 4 is 26.5 Å². The molecule has 0 amide bonds. The van der Waals surface area contributed by atoms with Crippen molar-refractivity contribution in [2.75, 3.05) is 0 Å². The summed E-state index contributed by atoms with van der Waals surface area (Å²) in [6.07, 6.45) is 9.59. The van der Waals surface area contributed by atoms with Gasteiger partial charge < -0.3 is 0 Å². The first kappa shape index (κ1) is 59.8. The Balaban J connectivity index is 0.00000882. The van der Waals surface area contributed by atoms with Gasteiger partial charge in [0.2, 0.25) is 0 Å². The Bertz CT molecular complexity index is 3000. The van der Waals surface area contributed by atoms with Crippen LogP contribution in [0.3, 0.4) is 0 Å². The van der Waals surface area contributed by atoms with E-state index in [1.165, 1.54) is 54.9 Å². The number of aryl methyl sites for hydroxylation is 1. The van der Waals surface area contributed by atoms with E-state index in [-0.39, 0.29) is 29.1 Å². The SMILES string of the molecule is C.CC(CC(CC(C)(CC(C)(CCC(C)(CC(C)(CC(CCc1ccccc1)c1ccc([Si](C)(C)C)cc1)c1ccccc1)c1ccccc1)c1ccccc1)c1ccccc1)c1ccc([Si](C)(C)C)cc1)c1ccccc1. The van der Waals surface area contributed by atoms with Crippen molar-refractivity contribution in [1.82, 2.24) is 0 Å². The van der Waals surface area contributed by atoms with E-state index in [2.05, 4.69) is 304 Å². The van der Waals surface area contributed by atoms with Crippen LogP contribution in [0.4, 0.5) is 0 Å². The first-order valence-electron chi connectivity index (χ1n) is 29.3. The lowest BCUT2D eigenvalue weighted by Crippen LogP contribution is -2.39. The average molecular weight is 1070 g/mol. The van der Waals surface area contributed by atoms with Gasteiger partial charge in [-0.1, -0.05) is 322 Å². The largest absolute Gasteiger partial charge is 0.0776 e. The summed E-state index contributed by atoms with van der Waals surface area (Å²) in [6, 6.07) is 88.9. The molecule has 0 fully saturated rings. The van der Waals surface area contributed by atoms with E-state index in [1.54, 1.807) is 0 Å². The molecule has 7 unspecified atom stereocenters. The molecule has 0 bridgehead atoms. The van der Waals surface area contributed by atoms with Gasteiger partial charge in [0.05, 0.1) is 16.1 Å². The predicted molar refractivity (Wildman–Crippen MR) is 348 cm³/mol. The van der Waals surface area contributed by atoms with Crippen LogP contribution in [0, 0.1) is 0 Å². The molecule has 2 heteroatoms. The van der Waals surface area contributed by atoms with Crippen molar-refractivity contribution in [1.29, 1.82) is 0 Å². The molecule has 0 aliphatic carbocycles. The van der Waals surface area contributed by atoms with Crippen molar-refractivity contribution < 1.29 is 0 Å². The van der Waals surface area contributed by atoms with Gasteiger partial charge in [0, 0.05) is 0 Å². The summed E-state index contributed by atoms with van der Waals surface area (Å²) in [4.78, 5) is 0. The zero-order valence-corrected chi connectivity index (χ0v) is 51.0. The number of hydrogen-bond acceptors (Lipinski definition) is 0. The summed E-state index contributed by atoms with van der Waals surface area (Å²) < 4.78 is 0. The summed E-state index contributed by atoms with van der Waals surface area (Å²) in [7, 11) is -2.94. The van der Waals surface area contributed by atoms with Gasteiger partial charge in [0.1, 0.15) is 0 Å². The van der Waals surface area contributed by atoms with E-state index in [0.29, 0.717) is 17.8 Å². The zero-order chi connectivity index (χ0) is 54.7. The van der Waals surface area contributed by atoms with Gasteiger partial charge in [-0.15, -0.1) is 0 Å². The lowest BCUT2D eigenvalue weighted by atomic mass is 9.58. The van der Waals surface area contributed by atoms with Gasteiger partial charge >= 0.3 is 0 Å². The monoisotopic (exact) mass is 1060 g/mol. The third-order valence-corrected chi connectivity index (χ3v) is 22.3. The fourth-order valence-corrected chi connectivity index (χ4v) is 15.9. The van der Waals surface area contributed by atoms with Crippen molar-refractivity contribution in [2.24, 2.45) is 0 Å². The van der Waals surface area contributed by atoms with E-state index in [0.717, 1.165) is 57.8 Å². The van der Waals surface area contributed by atoms with Crippen LogP contribution in [-0.4, -0.2) is 16.1 Å².